The normalized spacial score (nSPS) is 11.5. The molecular weight excluding hydrogens is 326 g/mol. The van der Waals surface area contributed by atoms with Gasteiger partial charge in [-0.15, -0.1) is 0 Å². The molecular formula is C17H42N3O5+3. The van der Waals surface area contributed by atoms with Crippen LogP contribution in [0.25, 0.3) is 0 Å². The molecule has 0 fully saturated rings. The molecule has 0 aliphatic heterocycles. The summed E-state index contributed by atoms with van der Waals surface area (Å²) in [5.74, 6) is -0.953. The lowest BCUT2D eigenvalue weighted by molar-refractivity contribution is -0.870. The standard InChI is InChI=1S/C7H16NO2.C5H11NO2.C5H14NO/c1-7(9)10-6-5-8(2,3)4;1-6(2,3)4-5(7)8;1-6(2,3)4-5-7/h5-6H2,1-4H3;4H2,1-3H3;7H,4-5H2,1-3H3/q+1;;+1/p+1. The predicted octanol–water partition coefficient (Wildman–Crippen LogP) is -0.282. The van der Waals surface area contributed by atoms with Gasteiger partial charge in [0, 0.05) is 6.92 Å². The van der Waals surface area contributed by atoms with E-state index in [1.807, 2.05) is 21.1 Å². The minimum absolute atomic E-state index is 0.181. The van der Waals surface area contributed by atoms with E-state index in [0.29, 0.717) is 11.1 Å². The van der Waals surface area contributed by atoms with Crippen LogP contribution in [0.4, 0.5) is 0 Å². The maximum absolute atomic E-state index is 10.3. The Morgan fingerprint density at radius 1 is 0.800 bits per heavy atom. The molecule has 8 heteroatoms. The van der Waals surface area contributed by atoms with Crippen molar-refractivity contribution in [1.82, 2.24) is 0 Å². The van der Waals surface area contributed by atoms with E-state index in [1.165, 1.54) is 6.92 Å². The summed E-state index contributed by atoms with van der Waals surface area (Å²) in [6, 6.07) is 0. The molecule has 8 nitrogen and oxygen atoms in total. The van der Waals surface area contributed by atoms with Crippen LogP contribution in [0.2, 0.25) is 0 Å². The quantitative estimate of drug-likeness (QED) is 0.477. The van der Waals surface area contributed by atoms with Crippen molar-refractivity contribution in [3.63, 3.8) is 0 Å². The second kappa shape index (κ2) is 13.0. The second-order valence-electron chi connectivity index (χ2n) is 8.93. The van der Waals surface area contributed by atoms with Gasteiger partial charge in [0.25, 0.3) is 0 Å². The lowest BCUT2D eigenvalue weighted by Gasteiger charge is -2.23. The van der Waals surface area contributed by atoms with Gasteiger partial charge in [-0.3, -0.25) is 4.79 Å². The predicted molar refractivity (Wildman–Crippen MR) is 100 cm³/mol. The van der Waals surface area contributed by atoms with Gasteiger partial charge < -0.3 is 28.4 Å². The molecule has 0 amide bonds. The molecule has 0 heterocycles. The van der Waals surface area contributed by atoms with Crippen molar-refractivity contribution in [2.75, 3.05) is 96.3 Å². The molecule has 0 aromatic rings. The fourth-order valence-electron chi connectivity index (χ4n) is 1.17. The maximum Gasteiger partial charge on any atom is 0.359 e. The van der Waals surface area contributed by atoms with E-state index in [1.54, 1.807) is 0 Å². The Labute approximate surface area is 154 Å². The number of aliphatic hydroxyl groups excluding tert-OH is 1. The Hall–Kier alpha value is -1.22. The number of carbonyl (C=O) groups is 2. The van der Waals surface area contributed by atoms with Gasteiger partial charge in [0.15, 0.2) is 6.54 Å². The molecule has 0 aliphatic rings. The van der Waals surface area contributed by atoms with E-state index in [0.717, 1.165) is 22.1 Å². The molecule has 0 radical (unpaired) electrons. The lowest BCUT2D eigenvalue weighted by atomic mass is 10.5. The average molecular weight is 369 g/mol. The van der Waals surface area contributed by atoms with Crippen LogP contribution in [-0.4, -0.2) is 132 Å². The van der Waals surface area contributed by atoms with Gasteiger partial charge in [-0.2, -0.15) is 0 Å². The summed E-state index contributed by atoms with van der Waals surface area (Å²) in [4.78, 5) is 20.3. The van der Waals surface area contributed by atoms with Crippen LogP contribution in [0.1, 0.15) is 6.92 Å². The number of hydrogen-bond donors (Lipinski definition) is 2. The molecule has 25 heavy (non-hydrogen) atoms. The summed E-state index contributed by atoms with van der Waals surface area (Å²) in [5.41, 5.74) is 0. The Morgan fingerprint density at radius 3 is 1.32 bits per heavy atom. The highest BCUT2D eigenvalue weighted by Crippen LogP contribution is 1.89. The van der Waals surface area contributed by atoms with Crippen LogP contribution in [0, 0.1) is 0 Å². The average Bonchev–Trinajstić information content (AvgIpc) is 2.22. The van der Waals surface area contributed by atoms with Crippen molar-refractivity contribution in [3.05, 3.63) is 0 Å². The van der Waals surface area contributed by atoms with Gasteiger partial charge >= 0.3 is 11.9 Å². The van der Waals surface area contributed by atoms with Crippen LogP contribution in [-0.2, 0) is 14.3 Å². The molecule has 152 valence electrons. The van der Waals surface area contributed by atoms with Gasteiger partial charge in [0.1, 0.15) is 19.7 Å². The van der Waals surface area contributed by atoms with E-state index in [2.05, 4.69) is 42.3 Å². The number of rotatable bonds is 7. The van der Waals surface area contributed by atoms with Crippen molar-refractivity contribution in [2.24, 2.45) is 0 Å². The minimum atomic E-state index is -0.752. The fourth-order valence-corrected chi connectivity index (χ4v) is 1.17. The zero-order valence-corrected chi connectivity index (χ0v) is 18.0. The smallest absolute Gasteiger partial charge is 0.359 e. The van der Waals surface area contributed by atoms with Gasteiger partial charge in [-0.1, -0.05) is 0 Å². The second-order valence-corrected chi connectivity index (χ2v) is 8.93. The van der Waals surface area contributed by atoms with Crippen molar-refractivity contribution in [2.45, 2.75) is 6.92 Å². The first-order chi connectivity index (χ1) is 10.9. The molecule has 0 atom stereocenters. The van der Waals surface area contributed by atoms with Gasteiger partial charge in [0.05, 0.1) is 70.0 Å². The third kappa shape index (κ3) is 45.0. The van der Waals surface area contributed by atoms with E-state index < -0.39 is 5.97 Å². The maximum atomic E-state index is 10.3. The number of aliphatic carboxylic acids is 1. The third-order valence-electron chi connectivity index (χ3n) is 2.45. The van der Waals surface area contributed by atoms with Crippen molar-refractivity contribution < 1.29 is 38.0 Å². The van der Waals surface area contributed by atoms with Gasteiger partial charge in [0.2, 0.25) is 0 Å². The molecule has 0 aromatic heterocycles. The Balaban J connectivity index is -0.000000296. The zero-order valence-electron chi connectivity index (χ0n) is 18.0. The van der Waals surface area contributed by atoms with Crippen LogP contribution < -0.4 is 0 Å². The molecule has 0 aromatic carbocycles. The fraction of sp³-hybridized carbons (Fsp3) is 0.882. The molecule has 0 bridgehead atoms. The number of carboxylic acid groups (broad SMARTS) is 1. The van der Waals surface area contributed by atoms with Gasteiger partial charge in [-0.25, -0.2) is 4.79 Å². The van der Waals surface area contributed by atoms with Crippen molar-refractivity contribution in [1.29, 1.82) is 0 Å². The third-order valence-corrected chi connectivity index (χ3v) is 2.45. The molecule has 0 saturated carbocycles. The molecule has 0 spiro atoms. The summed E-state index contributed by atoms with van der Waals surface area (Å²) >= 11 is 0. The number of likely N-dealkylation sites (N-methyl/N-ethyl adjacent to an activating group) is 3. The van der Waals surface area contributed by atoms with Crippen LogP contribution >= 0.6 is 0 Å². The zero-order chi connectivity index (χ0) is 20.9. The van der Waals surface area contributed by atoms with E-state index in [9.17, 15) is 9.59 Å². The van der Waals surface area contributed by atoms with Crippen molar-refractivity contribution in [3.8, 4) is 0 Å². The molecule has 0 aliphatic carbocycles. The van der Waals surface area contributed by atoms with Crippen LogP contribution in [0.3, 0.4) is 0 Å². The first-order valence-electron chi connectivity index (χ1n) is 8.27. The molecule has 0 unspecified atom stereocenters. The van der Waals surface area contributed by atoms with Crippen LogP contribution in [0.15, 0.2) is 0 Å². The number of carboxylic acids is 1. The number of aliphatic hydroxyl groups is 1. The highest BCUT2D eigenvalue weighted by Gasteiger charge is 2.11. The minimum Gasteiger partial charge on any atom is -0.477 e. The largest absolute Gasteiger partial charge is 0.477 e. The number of carbonyl (C=O) groups excluding carboxylic acids is 1. The monoisotopic (exact) mass is 368 g/mol. The summed E-state index contributed by atoms with van der Waals surface area (Å²) in [6.07, 6.45) is 0. The number of esters is 1. The number of nitrogens with zero attached hydrogens (tertiary/aromatic N) is 3. The van der Waals surface area contributed by atoms with E-state index in [4.69, 9.17) is 14.9 Å². The molecule has 0 rings (SSSR count). The van der Waals surface area contributed by atoms with E-state index >= 15 is 0 Å². The molecule has 0 saturated heterocycles. The number of ether oxygens (including phenoxy) is 1. The Morgan fingerprint density at radius 2 is 1.20 bits per heavy atom. The summed E-state index contributed by atoms with van der Waals surface area (Å²) in [5, 5.41) is 16.6. The topological polar surface area (TPSA) is 83.8 Å². The van der Waals surface area contributed by atoms with Crippen molar-refractivity contribution >= 4 is 11.9 Å². The highest BCUT2D eigenvalue weighted by atomic mass is 16.5. The van der Waals surface area contributed by atoms with E-state index in [-0.39, 0.29) is 19.1 Å². The number of quaternary nitrogens is 3. The Bertz CT molecular complexity index is 366. The summed E-state index contributed by atoms with van der Waals surface area (Å²) < 4.78 is 6.92. The summed E-state index contributed by atoms with van der Waals surface area (Å²) in [7, 11) is 17.9. The van der Waals surface area contributed by atoms with Gasteiger partial charge in [-0.05, 0) is 0 Å². The Kier molecular flexibility index (Phi) is 14.9. The summed E-state index contributed by atoms with van der Waals surface area (Å²) in [6.45, 7) is 4.09. The highest BCUT2D eigenvalue weighted by molar-refractivity contribution is 5.67. The SMILES string of the molecule is CC(=O)OCC[N+](C)(C)C.C[N+](C)(C)CC(=O)O.C[N+](C)(C)CCO. The number of hydrogen-bond acceptors (Lipinski definition) is 4. The lowest BCUT2D eigenvalue weighted by Crippen LogP contribution is -2.39. The van der Waals surface area contributed by atoms with Crippen LogP contribution in [0.5, 0.6) is 0 Å². The first kappa shape index (κ1) is 28.6. The first-order valence-corrected chi connectivity index (χ1v) is 8.27. The molecule has 2 N–H and O–H groups in total.